The van der Waals surface area contributed by atoms with Crippen molar-refractivity contribution in [1.82, 2.24) is 10.3 Å². The van der Waals surface area contributed by atoms with Crippen LogP contribution in [0.3, 0.4) is 0 Å². The van der Waals surface area contributed by atoms with Gasteiger partial charge in [0.25, 0.3) is 5.91 Å². The molecular formula is C31H33N5O4S. The van der Waals surface area contributed by atoms with Gasteiger partial charge in [-0.1, -0.05) is 35.5 Å². The van der Waals surface area contributed by atoms with Crippen molar-refractivity contribution in [2.75, 3.05) is 37.3 Å². The second-order valence-electron chi connectivity index (χ2n) is 9.62. The van der Waals surface area contributed by atoms with Gasteiger partial charge in [-0.3, -0.25) is 4.79 Å². The number of anilines is 2. The summed E-state index contributed by atoms with van der Waals surface area (Å²) >= 11 is 1.44. The van der Waals surface area contributed by atoms with Crippen LogP contribution in [0.25, 0.3) is 11.1 Å². The fourth-order valence-electron chi connectivity index (χ4n) is 4.08. The Morgan fingerprint density at radius 1 is 0.902 bits per heavy atom. The number of hydrogen-bond acceptors (Lipinski definition) is 9. The first-order chi connectivity index (χ1) is 19.8. The number of nitrogens with zero attached hydrogens (tertiary/aromatic N) is 2. The van der Waals surface area contributed by atoms with Crippen LogP contribution in [0.4, 0.5) is 11.4 Å². The van der Waals surface area contributed by atoms with Gasteiger partial charge in [-0.2, -0.15) is 0 Å². The van der Waals surface area contributed by atoms with Gasteiger partial charge in [0, 0.05) is 30.7 Å². The Hall–Kier alpha value is -4.57. The standard InChI is InChI=1S/C31H33N5O4S/c1-31(2,36-38)23-9-5-8-21(18-23)22-13-14-27(39-3)28(19-22)41-35-25-11-6-10-24(20-25)32-16-17-33-29(37)26-12-7-15-34-30(26)40-4/h5-15,18-20,32,35H,16-17H2,1-4H3,(H,33,37). The molecule has 3 N–H and O–H groups in total. The van der Waals surface area contributed by atoms with Crippen LogP contribution in [0.2, 0.25) is 0 Å². The van der Waals surface area contributed by atoms with E-state index >= 15 is 0 Å². The fraction of sp³-hybridized carbons (Fsp3) is 0.226. The third-order valence-corrected chi connectivity index (χ3v) is 7.26. The number of nitrogens with one attached hydrogen (secondary N) is 3. The van der Waals surface area contributed by atoms with Gasteiger partial charge in [0.1, 0.15) is 16.9 Å². The second kappa shape index (κ2) is 13.7. The number of pyridine rings is 1. The number of ether oxygens (including phenoxy) is 2. The predicted molar refractivity (Wildman–Crippen MR) is 165 cm³/mol. The van der Waals surface area contributed by atoms with Crippen molar-refractivity contribution >= 4 is 29.2 Å². The molecule has 0 saturated carbocycles. The van der Waals surface area contributed by atoms with E-state index in [2.05, 4.69) is 31.6 Å². The number of benzene rings is 3. The Morgan fingerprint density at radius 2 is 1.68 bits per heavy atom. The molecule has 1 heterocycles. The van der Waals surface area contributed by atoms with Crippen molar-refractivity contribution in [3.63, 3.8) is 0 Å². The minimum absolute atomic E-state index is 0.240. The molecule has 3 aromatic carbocycles. The van der Waals surface area contributed by atoms with Crippen molar-refractivity contribution in [2.24, 2.45) is 5.18 Å². The zero-order valence-electron chi connectivity index (χ0n) is 23.4. The van der Waals surface area contributed by atoms with Gasteiger partial charge in [-0.25, -0.2) is 4.98 Å². The van der Waals surface area contributed by atoms with E-state index in [1.54, 1.807) is 39.3 Å². The lowest BCUT2D eigenvalue weighted by Crippen LogP contribution is -2.29. The summed E-state index contributed by atoms with van der Waals surface area (Å²) in [5.41, 5.74) is 4.24. The van der Waals surface area contributed by atoms with Crippen molar-refractivity contribution < 1.29 is 14.3 Å². The van der Waals surface area contributed by atoms with E-state index in [0.29, 0.717) is 24.5 Å². The van der Waals surface area contributed by atoms with E-state index in [-0.39, 0.29) is 5.91 Å². The number of rotatable bonds is 13. The number of methoxy groups -OCH3 is 2. The first kappa shape index (κ1) is 29.4. The van der Waals surface area contributed by atoms with Crippen LogP contribution < -0.4 is 24.8 Å². The second-order valence-corrected chi connectivity index (χ2v) is 10.5. The Morgan fingerprint density at radius 3 is 2.46 bits per heavy atom. The summed E-state index contributed by atoms with van der Waals surface area (Å²) in [6.45, 7) is 4.57. The highest BCUT2D eigenvalue weighted by Crippen LogP contribution is 2.36. The van der Waals surface area contributed by atoms with Crippen LogP contribution >= 0.6 is 11.9 Å². The van der Waals surface area contributed by atoms with Crippen LogP contribution in [-0.2, 0) is 5.54 Å². The lowest BCUT2D eigenvalue weighted by molar-refractivity contribution is 0.0951. The van der Waals surface area contributed by atoms with E-state index in [0.717, 1.165) is 38.7 Å². The molecular weight excluding hydrogens is 538 g/mol. The molecule has 0 fully saturated rings. The molecule has 4 aromatic rings. The Balaban J connectivity index is 1.37. The first-order valence-corrected chi connectivity index (χ1v) is 13.8. The molecule has 4 rings (SSSR count). The predicted octanol–water partition coefficient (Wildman–Crippen LogP) is 6.73. The largest absolute Gasteiger partial charge is 0.496 e. The normalized spacial score (nSPS) is 10.9. The van der Waals surface area contributed by atoms with Gasteiger partial charge in [0.05, 0.1) is 19.1 Å². The number of hydrogen-bond donors (Lipinski definition) is 3. The highest BCUT2D eigenvalue weighted by molar-refractivity contribution is 8.00. The van der Waals surface area contributed by atoms with Crippen molar-refractivity contribution in [3.8, 4) is 22.8 Å². The summed E-state index contributed by atoms with van der Waals surface area (Å²) in [6.07, 6.45) is 1.58. The average molecular weight is 572 g/mol. The molecule has 41 heavy (non-hydrogen) atoms. The number of carbonyl (C=O) groups is 1. The van der Waals surface area contributed by atoms with Gasteiger partial charge >= 0.3 is 0 Å². The van der Waals surface area contributed by atoms with Gasteiger partial charge in [0.2, 0.25) is 5.88 Å². The highest BCUT2D eigenvalue weighted by Gasteiger charge is 2.21. The third-order valence-electron chi connectivity index (χ3n) is 6.38. The molecule has 0 saturated heterocycles. The van der Waals surface area contributed by atoms with E-state index in [1.807, 2.05) is 60.7 Å². The Bertz CT molecular complexity index is 1510. The molecule has 0 aliphatic carbocycles. The quantitative estimate of drug-likeness (QED) is 0.0920. The monoisotopic (exact) mass is 571 g/mol. The molecule has 0 radical (unpaired) electrons. The van der Waals surface area contributed by atoms with Crippen LogP contribution in [0.1, 0.15) is 29.8 Å². The highest BCUT2D eigenvalue weighted by atomic mass is 32.2. The SMILES string of the molecule is COc1ccc(-c2cccc(C(C)(C)N=O)c2)cc1SNc1cccc(NCCNC(=O)c2cccnc2OC)c1. The van der Waals surface area contributed by atoms with Crippen molar-refractivity contribution in [3.05, 3.63) is 101 Å². The van der Waals surface area contributed by atoms with Crippen LogP contribution in [0, 0.1) is 4.91 Å². The molecule has 212 valence electrons. The third kappa shape index (κ3) is 7.55. The summed E-state index contributed by atoms with van der Waals surface area (Å²) in [5.74, 6) is 0.798. The first-order valence-electron chi connectivity index (χ1n) is 13.0. The van der Waals surface area contributed by atoms with E-state index in [9.17, 15) is 9.70 Å². The van der Waals surface area contributed by atoms with Gasteiger partial charge in [-0.05, 0) is 91.0 Å². The molecule has 9 nitrogen and oxygen atoms in total. The molecule has 1 amide bonds. The number of amides is 1. The average Bonchev–Trinajstić information content (AvgIpc) is 3.02. The summed E-state index contributed by atoms with van der Waals surface area (Å²) < 4.78 is 14.1. The molecule has 10 heteroatoms. The molecule has 0 spiro atoms. The topological polar surface area (TPSA) is 114 Å². The molecule has 0 bridgehead atoms. The molecule has 0 unspecified atom stereocenters. The summed E-state index contributed by atoms with van der Waals surface area (Å²) in [7, 11) is 3.13. The van der Waals surface area contributed by atoms with E-state index < -0.39 is 5.54 Å². The van der Waals surface area contributed by atoms with Crippen molar-refractivity contribution in [2.45, 2.75) is 24.3 Å². The molecule has 0 aliphatic heterocycles. The fourth-order valence-corrected chi connectivity index (χ4v) is 4.87. The van der Waals surface area contributed by atoms with Gasteiger partial charge < -0.3 is 24.8 Å². The van der Waals surface area contributed by atoms with Crippen LogP contribution in [-0.4, -0.2) is 38.2 Å². The van der Waals surface area contributed by atoms with Crippen LogP contribution in [0.5, 0.6) is 11.6 Å². The molecule has 0 atom stereocenters. The lowest BCUT2D eigenvalue weighted by atomic mass is 9.92. The lowest BCUT2D eigenvalue weighted by Gasteiger charge is -2.17. The van der Waals surface area contributed by atoms with Gasteiger partial charge in [0.15, 0.2) is 0 Å². The van der Waals surface area contributed by atoms with Crippen LogP contribution in [0.15, 0.2) is 95.1 Å². The smallest absolute Gasteiger partial charge is 0.256 e. The summed E-state index contributed by atoms with van der Waals surface area (Å²) in [5, 5.41) is 9.48. The van der Waals surface area contributed by atoms with E-state index in [4.69, 9.17) is 9.47 Å². The maximum atomic E-state index is 12.5. The van der Waals surface area contributed by atoms with Crippen molar-refractivity contribution in [1.29, 1.82) is 0 Å². The Kier molecular flexibility index (Phi) is 9.81. The minimum atomic E-state index is -0.806. The van der Waals surface area contributed by atoms with Gasteiger partial charge in [-0.15, -0.1) is 4.91 Å². The summed E-state index contributed by atoms with van der Waals surface area (Å²) in [6, 6.07) is 25.1. The zero-order chi connectivity index (χ0) is 29.2. The maximum Gasteiger partial charge on any atom is 0.256 e. The number of carbonyl (C=O) groups excluding carboxylic acids is 1. The Labute approximate surface area is 244 Å². The molecule has 0 aliphatic rings. The van der Waals surface area contributed by atoms with E-state index in [1.165, 1.54) is 19.1 Å². The maximum absolute atomic E-state index is 12.5. The zero-order valence-corrected chi connectivity index (χ0v) is 24.2. The number of nitroso groups, excluding NO2 is 1. The minimum Gasteiger partial charge on any atom is -0.496 e. The summed E-state index contributed by atoms with van der Waals surface area (Å²) in [4.78, 5) is 28.8. The number of aromatic nitrogens is 1. The molecule has 1 aromatic heterocycles.